The quantitative estimate of drug-likeness (QED) is 0.327. The SMILES string of the molecule is CC(=O)CCC(=O)N(CCN1C(=O)C=C(SC2=CCCC=C2)C1=O)CCN1C(=O)C=C(Sc2ccccc2)C1=O. The van der Waals surface area contributed by atoms with Crippen LogP contribution < -0.4 is 0 Å². The van der Waals surface area contributed by atoms with E-state index in [1.54, 1.807) is 0 Å². The summed E-state index contributed by atoms with van der Waals surface area (Å²) in [5, 5.41) is 0. The molecule has 5 amide bonds. The predicted molar refractivity (Wildman–Crippen MR) is 152 cm³/mol. The van der Waals surface area contributed by atoms with Crippen molar-refractivity contribution in [1.29, 1.82) is 0 Å². The van der Waals surface area contributed by atoms with Gasteiger partial charge in [-0.25, -0.2) is 0 Å². The fraction of sp³-hybridized carbons (Fsp3) is 0.310. The Morgan fingerprint density at radius 3 is 1.98 bits per heavy atom. The molecule has 1 aromatic carbocycles. The van der Waals surface area contributed by atoms with Gasteiger partial charge in [0, 0.05) is 61.0 Å². The second kappa shape index (κ2) is 13.6. The van der Waals surface area contributed by atoms with Crippen LogP contribution in [0.1, 0.15) is 32.6 Å². The standard InChI is InChI=1S/C29H29N3O6S2/c1-20(33)12-13-25(34)30(14-16-31-26(35)18-23(28(31)37)39-21-8-4-2-5-9-21)15-17-32-27(36)19-24(29(32)38)40-22-10-6-3-7-11-22/h2,4-6,8-11,18-19H,3,7,12-17H2,1H3. The van der Waals surface area contributed by atoms with E-state index in [0.29, 0.717) is 4.91 Å². The first kappa shape index (κ1) is 29.3. The average Bonchev–Trinajstić information content (AvgIpc) is 3.36. The summed E-state index contributed by atoms with van der Waals surface area (Å²) in [4.78, 5) is 81.4. The zero-order valence-corrected chi connectivity index (χ0v) is 23.7. The molecule has 0 saturated carbocycles. The predicted octanol–water partition coefficient (Wildman–Crippen LogP) is 3.45. The lowest BCUT2D eigenvalue weighted by atomic mass is 10.2. The Balaban J connectivity index is 1.37. The number of imide groups is 2. The van der Waals surface area contributed by atoms with Crippen molar-refractivity contribution in [2.24, 2.45) is 0 Å². The summed E-state index contributed by atoms with van der Waals surface area (Å²) in [6, 6.07) is 9.20. The molecular formula is C29H29N3O6S2. The minimum Gasteiger partial charge on any atom is -0.339 e. The highest BCUT2D eigenvalue weighted by Crippen LogP contribution is 2.33. The number of carbonyl (C=O) groups is 6. The van der Waals surface area contributed by atoms with Crippen molar-refractivity contribution in [2.75, 3.05) is 26.2 Å². The number of hydrogen-bond donors (Lipinski definition) is 0. The maximum atomic E-state index is 13.0. The second-order valence-corrected chi connectivity index (χ2v) is 11.5. The van der Waals surface area contributed by atoms with Crippen LogP contribution in [0.4, 0.5) is 0 Å². The molecule has 0 unspecified atom stereocenters. The molecule has 40 heavy (non-hydrogen) atoms. The molecule has 4 rings (SSSR count). The molecule has 2 heterocycles. The van der Waals surface area contributed by atoms with E-state index in [1.165, 1.54) is 47.5 Å². The van der Waals surface area contributed by atoms with E-state index < -0.39 is 23.6 Å². The van der Waals surface area contributed by atoms with Gasteiger partial charge in [-0.3, -0.25) is 33.8 Å². The van der Waals surface area contributed by atoms with E-state index in [0.717, 1.165) is 32.4 Å². The molecule has 0 saturated heterocycles. The third-order valence-electron chi connectivity index (χ3n) is 6.34. The van der Waals surface area contributed by atoms with Gasteiger partial charge >= 0.3 is 0 Å². The number of rotatable bonds is 13. The summed E-state index contributed by atoms with van der Waals surface area (Å²) in [5.41, 5.74) is 0. The molecular weight excluding hydrogens is 550 g/mol. The summed E-state index contributed by atoms with van der Waals surface area (Å²) in [6.07, 6.45) is 10.3. The molecule has 0 N–H and O–H groups in total. The van der Waals surface area contributed by atoms with Crippen LogP contribution in [0, 0.1) is 0 Å². The smallest absolute Gasteiger partial charge is 0.267 e. The number of ketones is 1. The van der Waals surface area contributed by atoms with Gasteiger partial charge in [-0.1, -0.05) is 60.0 Å². The van der Waals surface area contributed by atoms with Gasteiger partial charge in [-0.15, -0.1) is 0 Å². The van der Waals surface area contributed by atoms with Gasteiger partial charge in [0.2, 0.25) is 5.91 Å². The highest BCUT2D eigenvalue weighted by atomic mass is 32.2. The lowest BCUT2D eigenvalue weighted by molar-refractivity contribution is -0.140. The van der Waals surface area contributed by atoms with E-state index in [4.69, 9.17) is 0 Å². The molecule has 1 aromatic rings. The van der Waals surface area contributed by atoms with Gasteiger partial charge in [0.05, 0.1) is 9.81 Å². The molecule has 0 atom stereocenters. The number of thioether (sulfide) groups is 2. The van der Waals surface area contributed by atoms with Crippen molar-refractivity contribution in [1.82, 2.24) is 14.7 Å². The van der Waals surface area contributed by atoms with E-state index >= 15 is 0 Å². The first-order valence-corrected chi connectivity index (χ1v) is 14.6. The molecule has 0 fully saturated rings. The highest BCUT2D eigenvalue weighted by Gasteiger charge is 2.34. The van der Waals surface area contributed by atoms with Crippen LogP contribution in [0.2, 0.25) is 0 Å². The van der Waals surface area contributed by atoms with Crippen LogP contribution in [-0.4, -0.2) is 76.2 Å². The fourth-order valence-corrected chi connectivity index (χ4v) is 6.07. The minimum atomic E-state index is -0.471. The highest BCUT2D eigenvalue weighted by molar-refractivity contribution is 8.07. The zero-order valence-electron chi connectivity index (χ0n) is 22.0. The number of benzene rings is 1. The topological polar surface area (TPSA) is 112 Å². The summed E-state index contributed by atoms with van der Waals surface area (Å²) >= 11 is 2.43. The molecule has 3 aliphatic rings. The Morgan fingerprint density at radius 2 is 1.43 bits per heavy atom. The molecule has 0 radical (unpaired) electrons. The zero-order chi connectivity index (χ0) is 28.6. The largest absolute Gasteiger partial charge is 0.339 e. The first-order chi connectivity index (χ1) is 19.2. The van der Waals surface area contributed by atoms with E-state index in [2.05, 4.69) is 0 Å². The van der Waals surface area contributed by atoms with Crippen LogP contribution in [0.3, 0.4) is 0 Å². The molecule has 0 bridgehead atoms. The summed E-state index contributed by atoms with van der Waals surface area (Å²) < 4.78 is 0. The summed E-state index contributed by atoms with van der Waals surface area (Å²) in [6.45, 7) is 1.31. The van der Waals surface area contributed by atoms with Crippen LogP contribution in [0.25, 0.3) is 0 Å². The number of Topliss-reactive ketones (excluding diaryl/α,β-unsaturated/α-hetero) is 1. The molecule has 11 heteroatoms. The van der Waals surface area contributed by atoms with Crippen LogP contribution in [0.15, 0.2) is 80.3 Å². The number of nitrogens with zero attached hydrogens (tertiary/aromatic N) is 3. The van der Waals surface area contributed by atoms with E-state index in [-0.39, 0.29) is 55.6 Å². The normalized spacial score (nSPS) is 16.9. The first-order valence-electron chi connectivity index (χ1n) is 12.9. The molecule has 2 aliphatic heterocycles. The molecule has 0 spiro atoms. The van der Waals surface area contributed by atoms with Crippen LogP contribution in [-0.2, 0) is 28.8 Å². The van der Waals surface area contributed by atoms with E-state index in [9.17, 15) is 28.8 Å². The van der Waals surface area contributed by atoms with Gasteiger partial charge in [0.1, 0.15) is 5.78 Å². The number of amides is 5. The second-order valence-electron chi connectivity index (χ2n) is 9.29. The van der Waals surface area contributed by atoms with Gasteiger partial charge in [0.25, 0.3) is 23.6 Å². The number of hydrogen-bond acceptors (Lipinski definition) is 8. The van der Waals surface area contributed by atoms with Crippen LogP contribution in [0.5, 0.6) is 0 Å². The third kappa shape index (κ3) is 7.48. The number of carbonyl (C=O) groups excluding carboxylic acids is 6. The minimum absolute atomic E-state index is 0.00821. The van der Waals surface area contributed by atoms with Crippen LogP contribution >= 0.6 is 23.5 Å². The van der Waals surface area contributed by atoms with Gasteiger partial charge < -0.3 is 9.69 Å². The monoisotopic (exact) mass is 579 g/mol. The van der Waals surface area contributed by atoms with Gasteiger partial charge in [-0.2, -0.15) is 0 Å². The van der Waals surface area contributed by atoms with Crippen molar-refractivity contribution >= 4 is 58.8 Å². The van der Waals surface area contributed by atoms with Crippen molar-refractivity contribution in [3.8, 4) is 0 Å². The van der Waals surface area contributed by atoms with Gasteiger partial charge in [-0.05, 0) is 31.9 Å². The Labute approximate surface area is 241 Å². The fourth-order valence-electron chi connectivity index (χ4n) is 4.19. The molecule has 1 aliphatic carbocycles. The van der Waals surface area contributed by atoms with Crippen molar-refractivity contribution in [3.63, 3.8) is 0 Å². The van der Waals surface area contributed by atoms with E-state index in [1.807, 2.05) is 48.6 Å². The lowest BCUT2D eigenvalue weighted by Crippen LogP contribution is -2.45. The average molecular weight is 580 g/mol. The number of allylic oxidation sites excluding steroid dienone is 3. The Hall–Kier alpha value is -3.70. The van der Waals surface area contributed by atoms with Crippen molar-refractivity contribution < 1.29 is 28.8 Å². The molecule has 208 valence electrons. The Kier molecular flexibility index (Phi) is 9.94. The van der Waals surface area contributed by atoms with Crippen molar-refractivity contribution in [3.05, 3.63) is 75.4 Å². The Morgan fingerprint density at radius 1 is 0.825 bits per heavy atom. The lowest BCUT2D eigenvalue weighted by Gasteiger charge is -2.27. The van der Waals surface area contributed by atoms with Gasteiger partial charge in [0.15, 0.2) is 0 Å². The summed E-state index contributed by atoms with van der Waals surface area (Å²) in [7, 11) is 0. The maximum Gasteiger partial charge on any atom is 0.267 e. The summed E-state index contributed by atoms with van der Waals surface area (Å²) in [5.74, 6) is -2.31. The molecule has 9 nitrogen and oxygen atoms in total. The van der Waals surface area contributed by atoms with Crippen molar-refractivity contribution in [2.45, 2.75) is 37.5 Å². The Bertz CT molecular complexity index is 1350. The maximum absolute atomic E-state index is 13.0. The molecule has 0 aromatic heterocycles. The third-order valence-corrected chi connectivity index (χ3v) is 8.41.